The highest BCUT2D eigenvalue weighted by atomic mass is 16.1. The quantitative estimate of drug-likeness (QED) is 0.538. The van der Waals surface area contributed by atoms with Gasteiger partial charge in [-0.25, -0.2) is 4.98 Å². The van der Waals surface area contributed by atoms with Crippen LogP contribution in [0.2, 0.25) is 0 Å². The van der Waals surface area contributed by atoms with Crippen molar-refractivity contribution in [3.8, 4) is 5.69 Å². The van der Waals surface area contributed by atoms with Crippen molar-refractivity contribution in [1.82, 2.24) is 9.55 Å². The number of Topliss-reactive ketones (excluding diaryl/α,β-unsaturated/α-hetero) is 1. The zero-order chi connectivity index (χ0) is 17.2. The Bertz CT molecular complexity index is 1050. The summed E-state index contributed by atoms with van der Waals surface area (Å²) < 4.78 is 2.11. The molecule has 0 atom stereocenters. The van der Waals surface area contributed by atoms with Gasteiger partial charge in [-0.2, -0.15) is 0 Å². The van der Waals surface area contributed by atoms with Crippen molar-refractivity contribution in [3.63, 3.8) is 0 Å². The summed E-state index contributed by atoms with van der Waals surface area (Å²) in [6, 6.07) is 23.6. The normalized spacial score (nSPS) is 10.8. The smallest absolute Gasteiger partial charge is 0.161 e. The fourth-order valence-electron chi connectivity index (χ4n) is 2.94. The van der Waals surface area contributed by atoms with Gasteiger partial charge in [-0.1, -0.05) is 30.3 Å². The predicted octanol–water partition coefficient (Wildman–Crippen LogP) is 4.97. The van der Waals surface area contributed by atoms with Crippen LogP contribution < -0.4 is 5.32 Å². The minimum Gasteiger partial charge on any atom is -0.340 e. The van der Waals surface area contributed by atoms with Gasteiger partial charge in [0.25, 0.3) is 0 Å². The van der Waals surface area contributed by atoms with Crippen LogP contribution in [-0.2, 0) is 0 Å². The minimum atomic E-state index is 0.0272. The molecule has 0 saturated carbocycles. The molecule has 4 rings (SSSR count). The van der Waals surface area contributed by atoms with Gasteiger partial charge in [-0.15, -0.1) is 0 Å². The van der Waals surface area contributed by atoms with Gasteiger partial charge in [0.15, 0.2) is 5.78 Å². The number of nitrogens with zero attached hydrogens (tertiary/aromatic N) is 2. The number of ketones is 1. The number of hydrogen-bond acceptors (Lipinski definition) is 3. The van der Waals surface area contributed by atoms with Gasteiger partial charge in [0.2, 0.25) is 0 Å². The molecule has 2 heterocycles. The third kappa shape index (κ3) is 2.90. The number of fused-ring (bicyclic) bond motifs is 1. The number of benzene rings is 2. The first-order valence-corrected chi connectivity index (χ1v) is 8.13. The number of para-hydroxylation sites is 2. The lowest BCUT2D eigenvalue weighted by Gasteiger charge is -2.10. The molecule has 0 aliphatic rings. The summed E-state index contributed by atoms with van der Waals surface area (Å²) in [7, 11) is 0. The third-order valence-corrected chi connectivity index (χ3v) is 4.15. The van der Waals surface area contributed by atoms with Crippen molar-refractivity contribution < 1.29 is 4.79 Å². The molecule has 25 heavy (non-hydrogen) atoms. The van der Waals surface area contributed by atoms with E-state index in [-0.39, 0.29) is 5.78 Å². The van der Waals surface area contributed by atoms with E-state index in [1.54, 1.807) is 6.92 Å². The number of pyridine rings is 1. The number of aromatic nitrogens is 2. The van der Waals surface area contributed by atoms with Crippen LogP contribution in [0.5, 0.6) is 0 Å². The fraction of sp³-hybridized carbons (Fsp3) is 0.0476. The lowest BCUT2D eigenvalue weighted by Crippen LogP contribution is -2.01. The van der Waals surface area contributed by atoms with Crippen molar-refractivity contribution in [3.05, 3.63) is 84.6 Å². The lowest BCUT2D eigenvalue weighted by atomic mass is 10.1. The molecule has 1 N–H and O–H groups in total. The molecule has 2 aromatic heterocycles. The second-order valence-corrected chi connectivity index (χ2v) is 5.85. The van der Waals surface area contributed by atoms with Crippen LogP contribution in [0.3, 0.4) is 0 Å². The summed E-state index contributed by atoms with van der Waals surface area (Å²) in [6.45, 7) is 1.57. The molecule has 0 amide bonds. The summed E-state index contributed by atoms with van der Waals surface area (Å²) in [5, 5.41) is 3.25. The highest BCUT2D eigenvalue weighted by molar-refractivity contribution is 6.00. The summed E-state index contributed by atoms with van der Waals surface area (Å²) in [4.78, 5) is 16.4. The molecule has 0 saturated heterocycles. The Labute approximate surface area is 145 Å². The van der Waals surface area contributed by atoms with Gasteiger partial charge in [-0.3, -0.25) is 4.79 Å². The molecular weight excluding hydrogens is 310 g/mol. The first kappa shape index (κ1) is 15.1. The van der Waals surface area contributed by atoms with Crippen LogP contribution in [0.1, 0.15) is 17.3 Å². The Hall–Kier alpha value is -3.40. The number of rotatable bonds is 4. The van der Waals surface area contributed by atoms with E-state index in [0.29, 0.717) is 11.4 Å². The van der Waals surface area contributed by atoms with Crippen LogP contribution in [0, 0.1) is 0 Å². The van der Waals surface area contributed by atoms with Crippen LogP contribution in [0.4, 0.5) is 11.5 Å². The van der Waals surface area contributed by atoms with E-state index in [0.717, 1.165) is 22.4 Å². The van der Waals surface area contributed by atoms with E-state index in [9.17, 15) is 4.79 Å². The number of hydrogen-bond donors (Lipinski definition) is 1. The van der Waals surface area contributed by atoms with Gasteiger partial charge in [0, 0.05) is 17.4 Å². The van der Waals surface area contributed by atoms with Gasteiger partial charge in [-0.05, 0) is 49.4 Å². The molecule has 0 aliphatic carbocycles. The standard InChI is InChI=1S/C21H17N3O/c1-15(25)17-9-5-6-10-18(17)22-21-12-11-20-19(23-21)13-14-24(20)16-7-3-2-4-8-16/h2-14H,1H3,(H,22,23). The zero-order valence-corrected chi connectivity index (χ0v) is 13.8. The Balaban J connectivity index is 1.71. The Kier molecular flexibility index (Phi) is 3.78. The van der Waals surface area contributed by atoms with Gasteiger partial charge >= 0.3 is 0 Å². The third-order valence-electron chi connectivity index (χ3n) is 4.15. The SMILES string of the molecule is CC(=O)c1ccccc1Nc1ccc2c(ccn2-c2ccccc2)n1. The first-order valence-electron chi connectivity index (χ1n) is 8.13. The van der Waals surface area contributed by atoms with Crippen molar-refractivity contribution in [2.24, 2.45) is 0 Å². The van der Waals surface area contributed by atoms with Crippen LogP contribution >= 0.6 is 0 Å². The summed E-state index contributed by atoms with van der Waals surface area (Å²) in [5.41, 5.74) is 4.46. The predicted molar refractivity (Wildman–Crippen MR) is 101 cm³/mol. The largest absolute Gasteiger partial charge is 0.340 e. The second kappa shape index (κ2) is 6.24. The lowest BCUT2D eigenvalue weighted by molar-refractivity contribution is 0.101. The molecular formula is C21H17N3O. The van der Waals surface area contributed by atoms with Crippen molar-refractivity contribution in [2.45, 2.75) is 6.92 Å². The average Bonchev–Trinajstić information content (AvgIpc) is 3.06. The van der Waals surface area contributed by atoms with Crippen molar-refractivity contribution >= 4 is 28.3 Å². The second-order valence-electron chi connectivity index (χ2n) is 5.85. The summed E-state index contributed by atoms with van der Waals surface area (Å²) in [5.74, 6) is 0.742. The molecule has 0 radical (unpaired) electrons. The zero-order valence-electron chi connectivity index (χ0n) is 13.8. The van der Waals surface area contributed by atoms with Crippen molar-refractivity contribution in [2.75, 3.05) is 5.32 Å². The highest BCUT2D eigenvalue weighted by Gasteiger charge is 2.09. The van der Waals surface area contributed by atoms with Crippen LogP contribution in [0.15, 0.2) is 79.0 Å². The summed E-state index contributed by atoms with van der Waals surface area (Å²) >= 11 is 0. The monoisotopic (exact) mass is 327 g/mol. The van der Waals surface area contributed by atoms with Crippen LogP contribution in [0.25, 0.3) is 16.7 Å². The number of nitrogens with one attached hydrogen (secondary N) is 1. The van der Waals surface area contributed by atoms with Crippen LogP contribution in [-0.4, -0.2) is 15.3 Å². The van der Waals surface area contributed by atoms with Gasteiger partial charge in [0.1, 0.15) is 5.82 Å². The molecule has 0 unspecified atom stereocenters. The number of carbonyl (C=O) groups is 1. The Morgan fingerprint density at radius 2 is 1.68 bits per heavy atom. The van der Waals surface area contributed by atoms with E-state index in [2.05, 4.69) is 27.0 Å². The molecule has 122 valence electrons. The van der Waals surface area contributed by atoms with E-state index < -0.39 is 0 Å². The molecule has 4 nitrogen and oxygen atoms in total. The molecule has 4 heteroatoms. The minimum absolute atomic E-state index is 0.0272. The van der Waals surface area contributed by atoms with E-state index >= 15 is 0 Å². The molecule has 0 fully saturated rings. The number of carbonyl (C=O) groups excluding carboxylic acids is 1. The molecule has 0 bridgehead atoms. The van der Waals surface area contributed by atoms with Gasteiger partial charge < -0.3 is 9.88 Å². The molecule has 4 aromatic rings. The Morgan fingerprint density at radius 3 is 2.48 bits per heavy atom. The molecule has 2 aromatic carbocycles. The summed E-state index contributed by atoms with van der Waals surface area (Å²) in [6.07, 6.45) is 2.01. The highest BCUT2D eigenvalue weighted by Crippen LogP contribution is 2.24. The maximum absolute atomic E-state index is 11.8. The van der Waals surface area contributed by atoms with Crippen molar-refractivity contribution in [1.29, 1.82) is 0 Å². The maximum Gasteiger partial charge on any atom is 0.161 e. The average molecular weight is 327 g/mol. The van der Waals surface area contributed by atoms with E-state index in [4.69, 9.17) is 0 Å². The van der Waals surface area contributed by atoms with E-state index in [1.807, 2.05) is 66.9 Å². The fourth-order valence-corrected chi connectivity index (χ4v) is 2.94. The van der Waals surface area contributed by atoms with E-state index in [1.165, 1.54) is 0 Å². The number of anilines is 2. The molecule has 0 aliphatic heterocycles. The maximum atomic E-state index is 11.8. The topological polar surface area (TPSA) is 46.9 Å². The Morgan fingerprint density at radius 1 is 0.920 bits per heavy atom. The molecule has 0 spiro atoms. The first-order chi connectivity index (χ1) is 12.2. The van der Waals surface area contributed by atoms with Gasteiger partial charge in [0.05, 0.1) is 16.7 Å².